The zero-order chi connectivity index (χ0) is 22.3. The molecule has 0 aliphatic carbocycles. The highest BCUT2D eigenvalue weighted by Gasteiger charge is 2.29. The number of aryl methyl sites for hydroxylation is 1. The molecular formula is C22H23N5O4S. The third-order valence-corrected chi connectivity index (χ3v) is 5.96. The van der Waals surface area contributed by atoms with Gasteiger partial charge in [0.2, 0.25) is 17.6 Å². The van der Waals surface area contributed by atoms with Crippen molar-refractivity contribution in [3.8, 4) is 10.7 Å². The highest BCUT2D eigenvalue weighted by atomic mass is 32.1. The Morgan fingerprint density at radius 2 is 2.03 bits per heavy atom. The molecule has 0 radical (unpaired) electrons. The number of urea groups is 1. The number of aromatic nitrogens is 2. The minimum atomic E-state index is -0.436. The lowest BCUT2D eigenvalue weighted by Gasteiger charge is -2.15. The van der Waals surface area contributed by atoms with Crippen molar-refractivity contribution in [2.24, 2.45) is 0 Å². The second-order valence-electron chi connectivity index (χ2n) is 7.35. The van der Waals surface area contributed by atoms with E-state index in [2.05, 4.69) is 20.8 Å². The van der Waals surface area contributed by atoms with Gasteiger partial charge in [-0.25, -0.2) is 4.79 Å². The number of imide groups is 1. The maximum absolute atomic E-state index is 12.6. The van der Waals surface area contributed by atoms with Crippen LogP contribution in [0.1, 0.15) is 41.1 Å². The number of thiophene rings is 1. The molecular weight excluding hydrogens is 430 g/mol. The van der Waals surface area contributed by atoms with Crippen LogP contribution in [-0.2, 0) is 17.8 Å². The predicted molar refractivity (Wildman–Crippen MR) is 118 cm³/mol. The summed E-state index contributed by atoms with van der Waals surface area (Å²) in [6.07, 6.45) is 3.29. The van der Waals surface area contributed by atoms with Crippen LogP contribution in [0.2, 0.25) is 0 Å². The lowest BCUT2D eigenvalue weighted by atomic mass is 10.1. The van der Waals surface area contributed by atoms with Gasteiger partial charge in [0, 0.05) is 18.5 Å². The summed E-state index contributed by atoms with van der Waals surface area (Å²) in [6.45, 7) is 0.596. The summed E-state index contributed by atoms with van der Waals surface area (Å²) >= 11 is 1.57. The smallest absolute Gasteiger partial charge is 0.324 e. The van der Waals surface area contributed by atoms with E-state index in [0.717, 1.165) is 29.0 Å². The first-order valence-corrected chi connectivity index (χ1v) is 11.3. The maximum atomic E-state index is 12.6. The van der Waals surface area contributed by atoms with Gasteiger partial charge in [-0.05, 0) is 35.9 Å². The van der Waals surface area contributed by atoms with Crippen LogP contribution in [-0.4, -0.2) is 46.0 Å². The van der Waals surface area contributed by atoms with Crippen molar-refractivity contribution >= 4 is 29.2 Å². The Balaban J connectivity index is 1.20. The van der Waals surface area contributed by atoms with E-state index in [9.17, 15) is 14.4 Å². The Kier molecular flexibility index (Phi) is 6.90. The van der Waals surface area contributed by atoms with Crippen LogP contribution >= 0.6 is 11.3 Å². The normalized spacial score (nSPS) is 13.4. The van der Waals surface area contributed by atoms with Gasteiger partial charge in [0.05, 0.1) is 18.0 Å². The van der Waals surface area contributed by atoms with Crippen molar-refractivity contribution in [1.82, 2.24) is 25.7 Å². The van der Waals surface area contributed by atoms with Crippen molar-refractivity contribution in [2.75, 3.05) is 13.1 Å². The first-order chi connectivity index (χ1) is 15.6. The predicted octanol–water partition coefficient (Wildman–Crippen LogP) is 2.99. The van der Waals surface area contributed by atoms with Crippen molar-refractivity contribution in [3.63, 3.8) is 0 Å². The number of carbonyl (C=O) groups is 3. The van der Waals surface area contributed by atoms with Gasteiger partial charge in [-0.3, -0.25) is 14.5 Å². The summed E-state index contributed by atoms with van der Waals surface area (Å²) in [7, 11) is 0. The van der Waals surface area contributed by atoms with Gasteiger partial charge >= 0.3 is 6.03 Å². The number of nitrogens with one attached hydrogen (secondary N) is 2. The molecule has 4 rings (SSSR count). The number of rotatable bonds is 10. The molecule has 0 spiro atoms. The summed E-state index contributed by atoms with van der Waals surface area (Å²) in [5.74, 6) is 0.722. The van der Waals surface area contributed by atoms with Crippen LogP contribution in [0.4, 0.5) is 4.79 Å². The maximum Gasteiger partial charge on any atom is 0.324 e. The van der Waals surface area contributed by atoms with E-state index in [-0.39, 0.29) is 24.9 Å². The molecule has 9 nitrogen and oxygen atoms in total. The van der Waals surface area contributed by atoms with Crippen LogP contribution in [0.15, 0.2) is 46.3 Å². The van der Waals surface area contributed by atoms with Crippen molar-refractivity contribution in [2.45, 2.75) is 32.2 Å². The minimum Gasteiger partial charge on any atom is -0.352 e. The van der Waals surface area contributed by atoms with Crippen molar-refractivity contribution < 1.29 is 18.9 Å². The summed E-state index contributed by atoms with van der Waals surface area (Å²) in [5.41, 5.74) is 1.10. The van der Waals surface area contributed by atoms with Gasteiger partial charge in [0.25, 0.3) is 5.91 Å². The van der Waals surface area contributed by atoms with E-state index < -0.39 is 6.03 Å². The van der Waals surface area contributed by atoms with Crippen LogP contribution in [0.3, 0.4) is 0 Å². The zero-order valence-electron chi connectivity index (χ0n) is 17.4. The molecule has 1 saturated heterocycles. The van der Waals surface area contributed by atoms with E-state index in [1.165, 1.54) is 0 Å². The second-order valence-corrected chi connectivity index (χ2v) is 8.30. The molecule has 1 fully saturated rings. The van der Waals surface area contributed by atoms with E-state index in [0.29, 0.717) is 35.8 Å². The third-order valence-electron chi connectivity index (χ3n) is 5.09. The Bertz CT molecular complexity index is 1080. The summed E-state index contributed by atoms with van der Waals surface area (Å²) in [5, 5.41) is 11.4. The van der Waals surface area contributed by atoms with Gasteiger partial charge in [-0.2, -0.15) is 4.98 Å². The Labute approximate surface area is 188 Å². The molecule has 3 heterocycles. The van der Waals surface area contributed by atoms with Crippen molar-refractivity contribution in [1.29, 1.82) is 0 Å². The average Bonchev–Trinajstić information content (AvgIpc) is 3.55. The minimum absolute atomic E-state index is 0.00781. The highest BCUT2D eigenvalue weighted by Crippen LogP contribution is 2.21. The number of nitrogens with zero attached hydrogens (tertiary/aromatic N) is 3. The summed E-state index contributed by atoms with van der Waals surface area (Å²) < 4.78 is 5.29. The zero-order valence-corrected chi connectivity index (χ0v) is 18.2. The topological polar surface area (TPSA) is 117 Å². The van der Waals surface area contributed by atoms with Gasteiger partial charge in [-0.1, -0.05) is 35.8 Å². The standard InChI is InChI=1S/C22H23N5O4S/c28-19-13-24-22(30)27(19)14-15-7-3-4-8-16(15)21(29)23-11-5-1-2-10-18-25-20(26-31-18)17-9-6-12-32-17/h3-4,6-9,12H,1-2,5,10-11,13-14H2,(H,23,29)(H,24,30). The van der Waals surface area contributed by atoms with E-state index >= 15 is 0 Å². The fourth-order valence-corrected chi connectivity index (χ4v) is 4.05. The SMILES string of the molecule is O=C(NCCCCCc1nc(-c2cccs2)no1)c1ccccc1CN1C(=O)CNC1=O. The number of hydrogen-bond donors (Lipinski definition) is 2. The quantitative estimate of drug-likeness (QED) is 0.360. The molecule has 3 aromatic rings. The molecule has 2 aromatic heterocycles. The highest BCUT2D eigenvalue weighted by molar-refractivity contribution is 7.13. The van der Waals surface area contributed by atoms with Crippen LogP contribution in [0.25, 0.3) is 10.7 Å². The molecule has 1 aromatic carbocycles. The molecule has 32 heavy (non-hydrogen) atoms. The number of unbranched alkanes of at least 4 members (excludes halogenated alkanes) is 2. The van der Waals surface area contributed by atoms with Gasteiger partial charge in [0.1, 0.15) is 0 Å². The summed E-state index contributed by atoms with van der Waals surface area (Å²) in [6, 6.07) is 10.5. The van der Waals surface area contributed by atoms with Crippen LogP contribution in [0, 0.1) is 0 Å². The monoisotopic (exact) mass is 453 g/mol. The molecule has 0 unspecified atom stereocenters. The first-order valence-electron chi connectivity index (χ1n) is 10.4. The Hall–Kier alpha value is -3.53. The molecule has 1 aliphatic rings. The average molecular weight is 454 g/mol. The molecule has 2 N–H and O–H groups in total. The molecule has 0 bridgehead atoms. The first kappa shape index (κ1) is 21.7. The van der Waals surface area contributed by atoms with Crippen LogP contribution < -0.4 is 10.6 Å². The lowest BCUT2D eigenvalue weighted by Crippen LogP contribution is -2.32. The van der Waals surface area contributed by atoms with Gasteiger partial charge in [0.15, 0.2) is 0 Å². The van der Waals surface area contributed by atoms with Crippen molar-refractivity contribution in [3.05, 3.63) is 58.8 Å². The lowest BCUT2D eigenvalue weighted by molar-refractivity contribution is -0.125. The van der Waals surface area contributed by atoms with Crippen LogP contribution in [0.5, 0.6) is 0 Å². The fraction of sp³-hybridized carbons (Fsp3) is 0.318. The molecule has 0 atom stereocenters. The van der Waals surface area contributed by atoms with Gasteiger partial charge < -0.3 is 15.2 Å². The van der Waals surface area contributed by atoms with E-state index in [1.54, 1.807) is 35.6 Å². The molecule has 0 saturated carbocycles. The second kappa shape index (κ2) is 10.2. The molecule has 10 heteroatoms. The Morgan fingerprint density at radius 1 is 1.16 bits per heavy atom. The number of amides is 4. The fourth-order valence-electron chi connectivity index (χ4n) is 3.40. The van der Waals surface area contributed by atoms with Gasteiger partial charge in [-0.15, -0.1) is 11.3 Å². The van der Waals surface area contributed by atoms with E-state index in [4.69, 9.17) is 4.52 Å². The largest absolute Gasteiger partial charge is 0.352 e. The third kappa shape index (κ3) is 5.20. The van der Waals surface area contributed by atoms with E-state index in [1.807, 2.05) is 17.5 Å². The summed E-state index contributed by atoms with van der Waals surface area (Å²) in [4.78, 5) is 42.8. The molecule has 1 aliphatic heterocycles. The molecule has 4 amide bonds. The number of hydrogen-bond acceptors (Lipinski definition) is 7. The number of benzene rings is 1. The molecule has 166 valence electrons. The number of carbonyl (C=O) groups excluding carboxylic acids is 3. The Morgan fingerprint density at radius 3 is 2.81 bits per heavy atom.